The number of ether oxygens (including phenoxy) is 1. The number of hydrogen-bond acceptors (Lipinski definition) is 6. The fourth-order valence-electron chi connectivity index (χ4n) is 2.54. The summed E-state index contributed by atoms with van der Waals surface area (Å²) in [6.45, 7) is 1.90. The molecule has 0 aliphatic rings. The Labute approximate surface area is 167 Å². The number of pyridine rings is 3. The molecule has 8 heteroatoms. The van der Waals surface area contributed by atoms with Crippen molar-refractivity contribution >= 4 is 23.3 Å². The second-order valence-corrected chi connectivity index (χ2v) is 6.36. The van der Waals surface area contributed by atoms with Crippen LogP contribution >= 0.6 is 11.6 Å². The number of carbonyl (C=O) groups excluding carboxylic acids is 1. The highest BCUT2D eigenvalue weighted by atomic mass is 35.5. The van der Waals surface area contributed by atoms with Gasteiger partial charge in [-0.05, 0) is 30.2 Å². The number of methoxy groups -OCH3 is 1. The van der Waals surface area contributed by atoms with E-state index in [0.29, 0.717) is 33.7 Å². The zero-order valence-electron chi connectivity index (χ0n) is 15.2. The summed E-state index contributed by atoms with van der Waals surface area (Å²) in [5, 5.41) is 12.1. The highest BCUT2D eigenvalue weighted by molar-refractivity contribution is 6.32. The molecule has 0 unspecified atom stereocenters. The average molecular weight is 394 g/mol. The molecule has 0 saturated heterocycles. The molecule has 0 radical (unpaired) electrons. The number of carbonyl (C=O) groups is 1. The third-order valence-corrected chi connectivity index (χ3v) is 4.24. The number of rotatable bonds is 5. The Morgan fingerprint density at radius 3 is 2.75 bits per heavy atom. The molecular formula is C20H16ClN5O2. The lowest BCUT2D eigenvalue weighted by Gasteiger charge is -2.08. The van der Waals surface area contributed by atoms with E-state index in [1.807, 2.05) is 19.1 Å². The zero-order valence-corrected chi connectivity index (χ0v) is 16.0. The number of aryl methyl sites for hydroxylation is 1. The summed E-state index contributed by atoms with van der Waals surface area (Å²) in [6.07, 6.45) is 3.16. The van der Waals surface area contributed by atoms with Crippen LogP contribution in [0.3, 0.4) is 0 Å². The first-order valence-electron chi connectivity index (χ1n) is 8.32. The van der Waals surface area contributed by atoms with E-state index in [0.717, 1.165) is 11.1 Å². The molecule has 28 heavy (non-hydrogen) atoms. The number of nitrogens with one attached hydrogen (secondary N) is 1. The van der Waals surface area contributed by atoms with Crippen LogP contribution in [0, 0.1) is 18.3 Å². The van der Waals surface area contributed by atoms with Crippen molar-refractivity contribution in [2.75, 3.05) is 12.4 Å². The molecule has 0 aromatic carbocycles. The van der Waals surface area contributed by atoms with Gasteiger partial charge in [0.2, 0.25) is 5.91 Å². The lowest BCUT2D eigenvalue weighted by molar-refractivity contribution is -0.115. The van der Waals surface area contributed by atoms with Crippen LogP contribution in [0.25, 0.3) is 11.4 Å². The van der Waals surface area contributed by atoms with Crippen molar-refractivity contribution in [3.05, 3.63) is 64.6 Å². The van der Waals surface area contributed by atoms with Gasteiger partial charge in [0.25, 0.3) is 0 Å². The molecule has 1 amide bonds. The Morgan fingerprint density at radius 1 is 1.25 bits per heavy atom. The van der Waals surface area contributed by atoms with Gasteiger partial charge in [-0.2, -0.15) is 5.26 Å². The molecule has 0 aliphatic heterocycles. The van der Waals surface area contributed by atoms with E-state index < -0.39 is 0 Å². The molecule has 0 fully saturated rings. The second kappa shape index (κ2) is 8.46. The summed E-state index contributed by atoms with van der Waals surface area (Å²) in [5.74, 6) is 0.539. The zero-order chi connectivity index (χ0) is 20.1. The molecule has 0 atom stereocenters. The average Bonchev–Trinajstić information content (AvgIpc) is 2.70. The Morgan fingerprint density at radius 2 is 2.07 bits per heavy atom. The first-order valence-corrected chi connectivity index (χ1v) is 8.70. The van der Waals surface area contributed by atoms with Crippen molar-refractivity contribution in [2.24, 2.45) is 0 Å². The number of hydrogen-bond donors (Lipinski definition) is 1. The van der Waals surface area contributed by atoms with Crippen molar-refractivity contribution in [2.45, 2.75) is 13.3 Å². The SMILES string of the molecule is COc1cc(NC(=O)Cc2ccc(-c3nc(C#N)ccc3C)nc2)ncc1Cl. The van der Waals surface area contributed by atoms with E-state index in [1.54, 1.807) is 30.5 Å². The molecule has 3 heterocycles. The van der Waals surface area contributed by atoms with Crippen molar-refractivity contribution in [3.63, 3.8) is 0 Å². The summed E-state index contributed by atoms with van der Waals surface area (Å²) in [4.78, 5) is 25.0. The molecule has 140 valence electrons. The highest BCUT2D eigenvalue weighted by Crippen LogP contribution is 2.25. The minimum absolute atomic E-state index is 0.130. The smallest absolute Gasteiger partial charge is 0.230 e. The molecule has 0 spiro atoms. The van der Waals surface area contributed by atoms with Crippen molar-refractivity contribution in [3.8, 4) is 23.2 Å². The van der Waals surface area contributed by atoms with Gasteiger partial charge in [0.15, 0.2) is 0 Å². The number of aromatic nitrogens is 3. The molecule has 3 rings (SSSR count). The van der Waals surface area contributed by atoms with E-state index in [1.165, 1.54) is 13.3 Å². The summed E-state index contributed by atoms with van der Waals surface area (Å²) in [7, 11) is 1.49. The van der Waals surface area contributed by atoms with Crippen molar-refractivity contribution in [1.82, 2.24) is 15.0 Å². The molecule has 7 nitrogen and oxygen atoms in total. The van der Waals surface area contributed by atoms with Crippen LogP contribution in [-0.2, 0) is 11.2 Å². The number of halogens is 1. The number of amides is 1. The van der Waals surface area contributed by atoms with Gasteiger partial charge < -0.3 is 10.1 Å². The van der Waals surface area contributed by atoms with Gasteiger partial charge >= 0.3 is 0 Å². The van der Waals surface area contributed by atoms with Gasteiger partial charge in [-0.15, -0.1) is 0 Å². The first kappa shape index (κ1) is 19.3. The molecular weight excluding hydrogens is 378 g/mol. The van der Waals surface area contributed by atoms with E-state index in [4.69, 9.17) is 21.6 Å². The van der Waals surface area contributed by atoms with Crippen LogP contribution in [0.15, 0.2) is 42.7 Å². The van der Waals surface area contributed by atoms with E-state index in [2.05, 4.69) is 20.3 Å². The van der Waals surface area contributed by atoms with E-state index in [-0.39, 0.29) is 12.3 Å². The molecule has 1 N–H and O–H groups in total. The highest BCUT2D eigenvalue weighted by Gasteiger charge is 2.10. The molecule has 3 aromatic rings. The maximum absolute atomic E-state index is 12.3. The van der Waals surface area contributed by atoms with Crippen LogP contribution in [0.2, 0.25) is 5.02 Å². The standard InChI is InChI=1S/C20H16ClN5O2/c1-12-3-5-14(9-22)25-20(12)16-6-4-13(10-23-16)7-19(27)26-18-8-17(28-2)15(21)11-24-18/h3-6,8,10-11H,7H2,1-2H3,(H,24,26,27). The lowest BCUT2D eigenvalue weighted by atomic mass is 10.1. The Hall–Kier alpha value is -3.50. The lowest BCUT2D eigenvalue weighted by Crippen LogP contribution is -2.15. The van der Waals surface area contributed by atoms with Gasteiger partial charge in [-0.3, -0.25) is 9.78 Å². The quantitative estimate of drug-likeness (QED) is 0.711. The summed E-state index contributed by atoms with van der Waals surface area (Å²) < 4.78 is 5.11. The van der Waals surface area contributed by atoms with Gasteiger partial charge in [0.05, 0.1) is 31.1 Å². The minimum Gasteiger partial charge on any atom is -0.495 e. The van der Waals surface area contributed by atoms with Gasteiger partial charge in [-0.1, -0.05) is 23.7 Å². The van der Waals surface area contributed by atoms with Crippen molar-refractivity contribution in [1.29, 1.82) is 5.26 Å². The van der Waals surface area contributed by atoms with Crippen LogP contribution < -0.4 is 10.1 Å². The fourth-order valence-corrected chi connectivity index (χ4v) is 2.72. The normalized spacial score (nSPS) is 10.2. The van der Waals surface area contributed by atoms with Crippen LogP contribution in [-0.4, -0.2) is 28.0 Å². The number of nitriles is 1. The predicted molar refractivity (Wildman–Crippen MR) is 105 cm³/mol. The Balaban J connectivity index is 1.71. The summed E-state index contributed by atoms with van der Waals surface area (Å²) >= 11 is 5.93. The second-order valence-electron chi connectivity index (χ2n) is 5.95. The maximum Gasteiger partial charge on any atom is 0.230 e. The Bertz CT molecular complexity index is 1060. The number of anilines is 1. The van der Waals surface area contributed by atoms with Crippen LogP contribution in [0.4, 0.5) is 5.82 Å². The molecule has 0 bridgehead atoms. The Kier molecular flexibility index (Phi) is 5.82. The maximum atomic E-state index is 12.3. The largest absolute Gasteiger partial charge is 0.495 e. The fraction of sp³-hybridized carbons (Fsp3) is 0.150. The third-order valence-electron chi connectivity index (χ3n) is 3.95. The molecule has 0 saturated carbocycles. The molecule has 0 aliphatic carbocycles. The first-order chi connectivity index (χ1) is 13.5. The number of nitrogens with zero attached hydrogens (tertiary/aromatic N) is 4. The van der Waals surface area contributed by atoms with Crippen LogP contribution in [0.5, 0.6) is 5.75 Å². The van der Waals surface area contributed by atoms with Gasteiger partial charge in [0, 0.05) is 12.3 Å². The summed E-state index contributed by atoms with van der Waals surface area (Å²) in [5.41, 5.74) is 3.27. The van der Waals surface area contributed by atoms with Crippen LogP contribution in [0.1, 0.15) is 16.8 Å². The van der Waals surface area contributed by atoms with Gasteiger partial charge in [-0.25, -0.2) is 9.97 Å². The third kappa shape index (κ3) is 4.42. The van der Waals surface area contributed by atoms with E-state index in [9.17, 15) is 4.79 Å². The molecule has 3 aromatic heterocycles. The van der Waals surface area contributed by atoms with E-state index >= 15 is 0 Å². The van der Waals surface area contributed by atoms with Gasteiger partial charge in [0.1, 0.15) is 28.4 Å². The topological polar surface area (TPSA) is 101 Å². The minimum atomic E-state index is -0.243. The monoisotopic (exact) mass is 393 g/mol. The predicted octanol–water partition coefficient (Wildman–Crippen LogP) is 3.56. The van der Waals surface area contributed by atoms with Crippen molar-refractivity contribution < 1.29 is 9.53 Å². The summed E-state index contributed by atoms with van der Waals surface area (Å²) in [6, 6.07) is 10.7.